The van der Waals surface area contributed by atoms with Crippen molar-refractivity contribution in [2.75, 3.05) is 0 Å². The van der Waals surface area contributed by atoms with Crippen molar-refractivity contribution in [3.05, 3.63) is 11.6 Å². The number of rotatable bonds is 4. The second kappa shape index (κ2) is 6.83. The maximum atomic E-state index is 10.2. The lowest BCUT2D eigenvalue weighted by Gasteiger charge is -2.58. The van der Waals surface area contributed by atoms with E-state index in [1.807, 2.05) is 0 Å². The topological polar surface area (TPSA) is 32.8 Å². The number of aliphatic hydroxyl groups excluding tert-OH is 1. The number of hydrogen-bond donors (Lipinski definition) is 1. The molecular formula is C27H44O2. The van der Waals surface area contributed by atoms with Crippen LogP contribution >= 0.6 is 0 Å². The first-order valence-corrected chi connectivity index (χ1v) is 12.7. The number of hydrogen-bond acceptors (Lipinski definition) is 2. The van der Waals surface area contributed by atoms with Gasteiger partial charge in [0, 0.05) is 0 Å². The van der Waals surface area contributed by atoms with Crippen LogP contribution in [0.25, 0.3) is 0 Å². The summed E-state index contributed by atoms with van der Waals surface area (Å²) >= 11 is 0. The first-order chi connectivity index (χ1) is 13.6. The molecule has 0 aromatic heterocycles. The van der Waals surface area contributed by atoms with E-state index in [0.717, 1.165) is 42.4 Å². The maximum Gasteiger partial charge on any atom is 0.0892 e. The van der Waals surface area contributed by atoms with Crippen molar-refractivity contribution in [1.82, 2.24) is 0 Å². The first-order valence-electron chi connectivity index (χ1n) is 12.7. The zero-order valence-corrected chi connectivity index (χ0v) is 19.5. The Morgan fingerprint density at radius 2 is 1.83 bits per heavy atom. The van der Waals surface area contributed by atoms with Crippen molar-refractivity contribution >= 4 is 0 Å². The van der Waals surface area contributed by atoms with Gasteiger partial charge in [-0.05, 0) is 118 Å². The Morgan fingerprint density at radius 1 is 1.07 bits per heavy atom. The fourth-order valence-electron chi connectivity index (χ4n) is 8.97. The van der Waals surface area contributed by atoms with Crippen LogP contribution in [0.4, 0.5) is 0 Å². The number of fused-ring (bicyclic) bond motifs is 5. The van der Waals surface area contributed by atoms with Crippen LogP contribution in [-0.4, -0.2) is 22.9 Å². The smallest absolute Gasteiger partial charge is 0.0892 e. The number of allylic oxidation sites excluding steroid dienone is 1. The van der Waals surface area contributed by atoms with E-state index in [2.05, 4.69) is 40.7 Å². The van der Waals surface area contributed by atoms with Gasteiger partial charge >= 0.3 is 0 Å². The van der Waals surface area contributed by atoms with Crippen LogP contribution < -0.4 is 0 Å². The molecule has 1 aliphatic heterocycles. The highest BCUT2D eigenvalue weighted by Crippen LogP contribution is 2.67. The van der Waals surface area contributed by atoms with Crippen LogP contribution in [0.5, 0.6) is 0 Å². The fourth-order valence-corrected chi connectivity index (χ4v) is 8.97. The molecule has 1 N–H and O–H groups in total. The molecule has 4 aliphatic carbocycles. The summed E-state index contributed by atoms with van der Waals surface area (Å²) in [4.78, 5) is 0. The molecule has 2 unspecified atom stereocenters. The van der Waals surface area contributed by atoms with Crippen LogP contribution in [-0.2, 0) is 4.74 Å². The first kappa shape index (κ1) is 20.6. The van der Waals surface area contributed by atoms with E-state index in [0.29, 0.717) is 16.9 Å². The summed E-state index contributed by atoms with van der Waals surface area (Å²) in [5.41, 5.74) is 2.68. The highest BCUT2D eigenvalue weighted by atomic mass is 16.6. The Hall–Kier alpha value is -0.340. The van der Waals surface area contributed by atoms with Crippen molar-refractivity contribution in [3.8, 4) is 0 Å². The minimum absolute atomic E-state index is 0.0862. The zero-order chi connectivity index (χ0) is 20.6. The summed E-state index contributed by atoms with van der Waals surface area (Å²) in [6.45, 7) is 12.3. The van der Waals surface area contributed by atoms with Crippen LogP contribution in [0.2, 0.25) is 0 Å². The molecular weight excluding hydrogens is 356 g/mol. The molecule has 9 atom stereocenters. The normalized spacial score (nSPS) is 51.4. The van der Waals surface area contributed by atoms with Gasteiger partial charge in [-0.1, -0.05) is 32.4 Å². The van der Waals surface area contributed by atoms with Crippen molar-refractivity contribution in [2.24, 2.45) is 40.4 Å². The Labute approximate surface area is 178 Å². The Balaban J connectivity index is 1.30. The highest BCUT2D eigenvalue weighted by molar-refractivity contribution is 5.25. The van der Waals surface area contributed by atoms with Crippen LogP contribution in [0.15, 0.2) is 11.6 Å². The van der Waals surface area contributed by atoms with Gasteiger partial charge in [0.25, 0.3) is 0 Å². The lowest BCUT2D eigenvalue weighted by Crippen LogP contribution is -2.50. The fraction of sp³-hybridized carbons (Fsp3) is 0.926. The predicted molar refractivity (Wildman–Crippen MR) is 119 cm³/mol. The average Bonchev–Trinajstić information content (AvgIpc) is 3.11. The van der Waals surface area contributed by atoms with Gasteiger partial charge in [0.15, 0.2) is 0 Å². The van der Waals surface area contributed by atoms with Crippen molar-refractivity contribution in [2.45, 2.75) is 117 Å². The molecule has 5 aliphatic rings. The van der Waals surface area contributed by atoms with Gasteiger partial charge in [-0.15, -0.1) is 0 Å². The second-order valence-electron chi connectivity index (χ2n) is 12.6. The lowest BCUT2D eigenvalue weighted by atomic mass is 9.47. The Morgan fingerprint density at radius 3 is 2.55 bits per heavy atom. The minimum Gasteiger partial charge on any atom is -0.393 e. The van der Waals surface area contributed by atoms with Gasteiger partial charge < -0.3 is 9.84 Å². The largest absolute Gasteiger partial charge is 0.393 e. The molecule has 4 fully saturated rings. The molecule has 29 heavy (non-hydrogen) atoms. The molecule has 2 nitrogen and oxygen atoms in total. The monoisotopic (exact) mass is 400 g/mol. The van der Waals surface area contributed by atoms with E-state index in [1.54, 1.807) is 5.57 Å². The van der Waals surface area contributed by atoms with E-state index < -0.39 is 0 Å². The van der Waals surface area contributed by atoms with E-state index in [4.69, 9.17) is 4.74 Å². The molecule has 0 bridgehead atoms. The number of epoxide rings is 1. The summed E-state index contributed by atoms with van der Waals surface area (Å²) in [6.07, 6.45) is 15.8. The maximum absolute atomic E-state index is 10.2. The molecule has 2 heteroatoms. The van der Waals surface area contributed by atoms with Gasteiger partial charge in [0.2, 0.25) is 0 Å². The predicted octanol–water partition coefficient (Wildman–Crippen LogP) is 6.52. The van der Waals surface area contributed by atoms with Crippen molar-refractivity contribution in [1.29, 1.82) is 0 Å². The molecule has 0 radical (unpaired) electrons. The van der Waals surface area contributed by atoms with Crippen molar-refractivity contribution < 1.29 is 9.84 Å². The summed E-state index contributed by atoms with van der Waals surface area (Å²) < 4.78 is 5.86. The van der Waals surface area contributed by atoms with E-state index in [9.17, 15) is 5.11 Å². The third-order valence-electron chi connectivity index (χ3n) is 10.9. The Bertz CT molecular complexity index is 680. The number of aliphatic hydroxyl groups is 1. The van der Waals surface area contributed by atoms with E-state index >= 15 is 0 Å². The quantitative estimate of drug-likeness (QED) is 0.430. The van der Waals surface area contributed by atoms with Gasteiger partial charge in [0.05, 0.1) is 17.8 Å². The SMILES string of the molecule is CC(CCC1OC1(C)C)[C@H]1CC[C@H]2[C@@H]3CC=C4C[C@@H](O)CC[C@]4(C)[C@H]3CC[C@]12C. The molecule has 3 saturated carbocycles. The summed E-state index contributed by atoms with van der Waals surface area (Å²) in [6, 6.07) is 0. The third kappa shape index (κ3) is 3.18. The standard InChI is InChI=1S/C27H44O2/c1-17(6-11-24-25(2,3)29-24)21-9-10-22-20-8-7-18-16-19(28)12-14-26(18,4)23(20)13-15-27(21,22)5/h7,17,19-24,28H,6,8-16H2,1-5H3/t17?,19-,20-,21+,22-,23-,24?,26-,27+/m0/s1. The number of ether oxygens (including phenoxy) is 1. The summed E-state index contributed by atoms with van der Waals surface area (Å²) in [5.74, 6) is 4.41. The van der Waals surface area contributed by atoms with Crippen molar-refractivity contribution in [3.63, 3.8) is 0 Å². The molecule has 1 saturated heterocycles. The molecule has 0 aromatic carbocycles. The molecule has 1 heterocycles. The minimum atomic E-state index is -0.0862. The lowest BCUT2D eigenvalue weighted by molar-refractivity contribution is -0.0573. The molecule has 0 amide bonds. The third-order valence-corrected chi connectivity index (χ3v) is 10.9. The van der Waals surface area contributed by atoms with Gasteiger partial charge in [-0.2, -0.15) is 0 Å². The van der Waals surface area contributed by atoms with E-state index in [-0.39, 0.29) is 11.7 Å². The summed E-state index contributed by atoms with van der Waals surface area (Å²) in [7, 11) is 0. The van der Waals surface area contributed by atoms with Gasteiger partial charge in [0.1, 0.15) is 0 Å². The van der Waals surface area contributed by atoms with Crippen LogP contribution in [0.3, 0.4) is 0 Å². The molecule has 0 aromatic rings. The van der Waals surface area contributed by atoms with Crippen LogP contribution in [0, 0.1) is 40.4 Å². The highest BCUT2D eigenvalue weighted by Gasteiger charge is 2.59. The molecule has 0 spiro atoms. The molecule has 5 rings (SSSR count). The molecule has 164 valence electrons. The zero-order valence-electron chi connectivity index (χ0n) is 19.5. The Kier molecular flexibility index (Phi) is 4.84. The van der Waals surface area contributed by atoms with E-state index in [1.165, 1.54) is 51.4 Å². The average molecular weight is 401 g/mol. The summed E-state index contributed by atoms with van der Waals surface area (Å²) in [5, 5.41) is 10.2. The second-order valence-corrected chi connectivity index (χ2v) is 12.6. The van der Waals surface area contributed by atoms with Gasteiger partial charge in [-0.3, -0.25) is 0 Å². The van der Waals surface area contributed by atoms with Gasteiger partial charge in [-0.25, -0.2) is 0 Å². The van der Waals surface area contributed by atoms with Crippen LogP contribution in [0.1, 0.15) is 98.8 Å².